The van der Waals surface area contributed by atoms with Crippen LogP contribution in [0.2, 0.25) is 0 Å². The molecule has 0 saturated carbocycles. The zero-order valence-electron chi connectivity index (χ0n) is 15.2. The number of carbonyl (C=O) groups is 2. The second-order valence-electron chi connectivity index (χ2n) is 5.88. The van der Waals surface area contributed by atoms with Gasteiger partial charge in [-0.05, 0) is 31.2 Å². The van der Waals surface area contributed by atoms with Crippen molar-refractivity contribution in [1.82, 2.24) is 9.66 Å². The largest absolute Gasteiger partial charge is 0.462 e. The van der Waals surface area contributed by atoms with Crippen LogP contribution in [0.1, 0.15) is 27.6 Å². The summed E-state index contributed by atoms with van der Waals surface area (Å²) in [7, 11) is 0. The van der Waals surface area contributed by atoms with Crippen LogP contribution >= 0.6 is 15.9 Å². The third-order valence-corrected chi connectivity index (χ3v) is 4.58. The van der Waals surface area contributed by atoms with Crippen molar-refractivity contribution in [3.8, 4) is 0 Å². The molecular weight excluding hydrogens is 432 g/mol. The van der Waals surface area contributed by atoms with Crippen molar-refractivity contribution < 1.29 is 19.1 Å². The van der Waals surface area contributed by atoms with Crippen molar-refractivity contribution in [2.24, 2.45) is 0 Å². The molecule has 1 amide bonds. The summed E-state index contributed by atoms with van der Waals surface area (Å²) >= 11 is 3.31. The number of amides is 1. The molecule has 1 fully saturated rings. The minimum Gasteiger partial charge on any atom is -0.462 e. The first-order chi connectivity index (χ1) is 13.5. The summed E-state index contributed by atoms with van der Waals surface area (Å²) in [5, 5.41) is 0. The average molecular weight is 451 g/mol. The van der Waals surface area contributed by atoms with Gasteiger partial charge in [-0.15, -0.1) is 0 Å². The molecule has 9 nitrogen and oxygen atoms in total. The maximum atomic E-state index is 12.9. The molecule has 1 aromatic carbocycles. The van der Waals surface area contributed by atoms with Crippen molar-refractivity contribution in [1.29, 1.82) is 0 Å². The van der Waals surface area contributed by atoms with E-state index in [0.717, 1.165) is 9.15 Å². The molecule has 2 aromatic rings. The normalized spacial score (nSPS) is 13.9. The minimum atomic E-state index is -0.792. The van der Waals surface area contributed by atoms with E-state index in [1.165, 1.54) is 6.20 Å². The van der Waals surface area contributed by atoms with Crippen LogP contribution < -0.4 is 15.9 Å². The Morgan fingerprint density at radius 2 is 1.93 bits per heavy atom. The Morgan fingerprint density at radius 3 is 2.57 bits per heavy atom. The summed E-state index contributed by atoms with van der Waals surface area (Å²) in [6.07, 6.45) is 1.17. The molecule has 0 bridgehead atoms. The van der Waals surface area contributed by atoms with E-state index in [0.29, 0.717) is 31.9 Å². The van der Waals surface area contributed by atoms with Crippen LogP contribution in [0.3, 0.4) is 0 Å². The van der Waals surface area contributed by atoms with Crippen molar-refractivity contribution in [3.63, 3.8) is 0 Å². The molecule has 1 aromatic heterocycles. The third kappa shape index (κ3) is 4.39. The van der Waals surface area contributed by atoms with E-state index in [-0.39, 0.29) is 18.1 Å². The summed E-state index contributed by atoms with van der Waals surface area (Å²) in [4.78, 5) is 43.7. The fourth-order valence-corrected chi connectivity index (χ4v) is 2.91. The van der Waals surface area contributed by atoms with Gasteiger partial charge in [0.25, 0.3) is 11.5 Å². The van der Waals surface area contributed by atoms with Gasteiger partial charge in [0.1, 0.15) is 5.56 Å². The van der Waals surface area contributed by atoms with Crippen LogP contribution in [0.25, 0.3) is 0 Å². The average Bonchev–Trinajstić information content (AvgIpc) is 2.70. The van der Waals surface area contributed by atoms with E-state index in [4.69, 9.17) is 9.47 Å². The second-order valence-corrected chi connectivity index (χ2v) is 6.80. The van der Waals surface area contributed by atoms with Crippen molar-refractivity contribution in [2.75, 3.05) is 43.2 Å². The number of hydrogen-bond donors (Lipinski definition) is 1. The first-order valence-corrected chi connectivity index (χ1v) is 9.49. The topological polar surface area (TPSA) is 103 Å². The molecular formula is C18H19BrN4O5. The predicted octanol–water partition coefficient (Wildman–Crippen LogP) is 1.40. The number of anilines is 1. The van der Waals surface area contributed by atoms with Gasteiger partial charge in [-0.2, -0.15) is 4.68 Å². The molecule has 28 heavy (non-hydrogen) atoms. The molecule has 10 heteroatoms. The van der Waals surface area contributed by atoms with E-state index < -0.39 is 17.4 Å². The van der Waals surface area contributed by atoms with Crippen LogP contribution in [0.5, 0.6) is 0 Å². The first-order valence-electron chi connectivity index (χ1n) is 8.70. The lowest BCUT2D eigenvalue weighted by Gasteiger charge is -2.29. The van der Waals surface area contributed by atoms with Gasteiger partial charge in [0.05, 0.1) is 26.0 Å². The second kappa shape index (κ2) is 8.98. The number of aromatic nitrogens is 2. The van der Waals surface area contributed by atoms with Crippen LogP contribution in [-0.2, 0) is 9.47 Å². The number of benzene rings is 1. The number of esters is 1. The number of nitrogens with one attached hydrogen (secondary N) is 1. The molecule has 1 N–H and O–H groups in total. The number of carbonyl (C=O) groups excluding carboxylic acids is 2. The van der Waals surface area contributed by atoms with Crippen LogP contribution in [-0.4, -0.2) is 54.4 Å². The highest BCUT2D eigenvalue weighted by molar-refractivity contribution is 9.10. The maximum absolute atomic E-state index is 12.9. The van der Waals surface area contributed by atoms with E-state index in [9.17, 15) is 14.4 Å². The SMILES string of the molecule is CCOC(=O)c1cnc(N2CCOCC2)n(NC(=O)c2ccc(Br)cc2)c1=O. The van der Waals surface area contributed by atoms with E-state index >= 15 is 0 Å². The Bertz CT molecular complexity index is 923. The summed E-state index contributed by atoms with van der Waals surface area (Å²) in [6.45, 7) is 3.70. The number of ether oxygens (including phenoxy) is 2. The van der Waals surface area contributed by atoms with Gasteiger partial charge in [0.2, 0.25) is 5.95 Å². The molecule has 148 valence electrons. The van der Waals surface area contributed by atoms with Gasteiger partial charge in [-0.25, -0.2) is 9.78 Å². The van der Waals surface area contributed by atoms with Crippen molar-refractivity contribution in [2.45, 2.75) is 6.92 Å². The van der Waals surface area contributed by atoms with E-state index in [1.54, 1.807) is 31.2 Å². The number of nitrogens with zero attached hydrogens (tertiary/aromatic N) is 3. The molecule has 1 saturated heterocycles. The van der Waals surface area contributed by atoms with Gasteiger partial charge in [0, 0.05) is 23.1 Å². The monoisotopic (exact) mass is 450 g/mol. The first kappa shape index (κ1) is 20.0. The summed E-state index contributed by atoms with van der Waals surface area (Å²) in [6, 6.07) is 6.66. The predicted molar refractivity (Wildman–Crippen MR) is 105 cm³/mol. The fourth-order valence-electron chi connectivity index (χ4n) is 2.65. The Labute approximate surface area is 169 Å². The quantitative estimate of drug-likeness (QED) is 0.686. The minimum absolute atomic E-state index is 0.120. The molecule has 1 aliphatic heterocycles. The number of morpholine rings is 1. The molecule has 0 unspecified atom stereocenters. The van der Waals surface area contributed by atoms with Gasteiger partial charge in [-0.1, -0.05) is 15.9 Å². The van der Waals surface area contributed by atoms with Gasteiger partial charge in [0.15, 0.2) is 0 Å². The lowest BCUT2D eigenvalue weighted by atomic mass is 10.2. The molecule has 2 heterocycles. The van der Waals surface area contributed by atoms with E-state index in [2.05, 4.69) is 26.3 Å². The Balaban J connectivity index is 2.00. The maximum Gasteiger partial charge on any atom is 0.345 e. The third-order valence-electron chi connectivity index (χ3n) is 4.05. The van der Waals surface area contributed by atoms with Gasteiger partial charge < -0.3 is 14.4 Å². The summed E-state index contributed by atoms with van der Waals surface area (Å²) in [5.74, 6) is -1.07. The highest BCUT2D eigenvalue weighted by atomic mass is 79.9. The zero-order chi connectivity index (χ0) is 20.1. The van der Waals surface area contributed by atoms with Gasteiger partial charge >= 0.3 is 5.97 Å². The van der Waals surface area contributed by atoms with Crippen LogP contribution in [0, 0.1) is 0 Å². The van der Waals surface area contributed by atoms with Crippen molar-refractivity contribution >= 4 is 33.8 Å². The van der Waals surface area contributed by atoms with Crippen LogP contribution in [0.15, 0.2) is 39.7 Å². The Kier molecular flexibility index (Phi) is 6.42. The Hall–Kier alpha value is -2.72. The highest BCUT2D eigenvalue weighted by Crippen LogP contribution is 2.13. The molecule has 0 radical (unpaired) electrons. The standard InChI is InChI=1S/C18H19BrN4O5/c1-2-28-17(26)14-11-20-18(22-7-9-27-10-8-22)23(16(14)25)21-15(24)12-3-5-13(19)6-4-12/h3-6,11H,2,7-10H2,1H3,(H,21,24). The summed E-state index contributed by atoms with van der Waals surface area (Å²) in [5.41, 5.74) is 1.94. The molecule has 0 aliphatic carbocycles. The molecule has 0 spiro atoms. The summed E-state index contributed by atoms with van der Waals surface area (Å²) < 4.78 is 12.0. The molecule has 0 atom stereocenters. The molecule has 3 rings (SSSR count). The fraction of sp³-hybridized carbons (Fsp3) is 0.333. The van der Waals surface area contributed by atoms with Gasteiger partial charge in [-0.3, -0.25) is 15.0 Å². The lowest BCUT2D eigenvalue weighted by Crippen LogP contribution is -2.45. The zero-order valence-corrected chi connectivity index (χ0v) is 16.8. The Morgan fingerprint density at radius 1 is 1.25 bits per heavy atom. The van der Waals surface area contributed by atoms with E-state index in [1.807, 2.05) is 4.90 Å². The lowest BCUT2D eigenvalue weighted by molar-refractivity contribution is 0.0522. The molecule has 1 aliphatic rings. The highest BCUT2D eigenvalue weighted by Gasteiger charge is 2.23. The smallest absolute Gasteiger partial charge is 0.345 e. The van der Waals surface area contributed by atoms with Crippen molar-refractivity contribution in [3.05, 3.63) is 56.4 Å². The van der Waals surface area contributed by atoms with Crippen LogP contribution in [0.4, 0.5) is 5.95 Å². The number of rotatable bonds is 5. The number of halogens is 1. The number of hydrogen-bond acceptors (Lipinski definition) is 7.